The normalized spacial score (nSPS) is 16.7. The van der Waals surface area contributed by atoms with Crippen LogP contribution in [0.2, 0.25) is 0 Å². The van der Waals surface area contributed by atoms with Crippen LogP contribution in [-0.4, -0.2) is 59.0 Å². The van der Waals surface area contributed by atoms with E-state index in [1.54, 1.807) is 5.38 Å². The van der Waals surface area contributed by atoms with Gasteiger partial charge < -0.3 is 24.6 Å². The van der Waals surface area contributed by atoms with E-state index in [1.165, 1.54) is 41.7 Å². The Hall–Kier alpha value is -3.97. The Morgan fingerprint density at radius 3 is 2.45 bits per heavy atom. The number of carboxylic acid groups (broad SMARTS) is 1. The summed E-state index contributed by atoms with van der Waals surface area (Å²) in [5.41, 5.74) is 0.228. The SMILES string of the molecule is N=C(/C(COC1CCN(c2nc(-c3ccc(C(=O)O)cc3F)cs2)CC1)=C(\O)C1CC1)c1ccccc1OC(F)(F)F. The van der Waals surface area contributed by atoms with E-state index in [0.29, 0.717) is 36.8 Å². The van der Waals surface area contributed by atoms with Gasteiger partial charge in [0.05, 0.1) is 29.7 Å². The number of nitrogens with zero attached hydrogens (tertiary/aromatic N) is 2. The van der Waals surface area contributed by atoms with Crippen LogP contribution in [0, 0.1) is 17.1 Å². The van der Waals surface area contributed by atoms with Gasteiger partial charge in [-0.15, -0.1) is 24.5 Å². The Kier molecular flexibility index (Phi) is 8.50. The number of aliphatic hydroxyl groups is 1. The number of alkyl halides is 3. The van der Waals surface area contributed by atoms with E-state index in [1.807, 2.05) is 4.90 Å². The maximum atomic E-state index is 14.5. The van der Waals surface area contributed by atoms with Crippen molar-refractivity contribution in [3.8, 4) is 17.0 Å². The minimum atomic E-state index is -4.93. The summed E-state index contributed by atoms with van der Waals surface area (Å²) in [6, 6.07) is 9.03. The number of ether oxygens (including phenoxy) is 2. The van der Waals surface area contributed by atoms with Crippen LogP contribution in [0.15, 0.2) is 59.2 Å². The molecule has 0 bridgehead atoms. The third-order valence-corrected chi connectivity index (χ3v) is 8.02. The smallest absolute Gasteiger partial charge is 0.512 e. The van der Waals surface area contributed by atoms with Crippen LogP contribution in [-0.2, 0) is 4.74 Å². The maximum absolute atomic E-state index is 14.5. The Bertz CT molecular complexity index is 1510. The second-order valence-corrected chi connectivity index (χ2v) is 10.9. The number of para-hydroxylation sites is 1. The number of hydrogen-bond donors (Lipinski definition) is 3. The summed E-state index contributed by atoms with van der Waals surface area (Å²) < 4.78 is 63.5. The van der Waals surface area contributed by atoms with Gasteiger partial charge in [-0.05, 0) is 56.0 Å². The first-order valence-corrected chi connectivity index (χ1v) is 14.1. The number of carbonyl (C=O) groups is 1. The average molecular weight is 606 g/mol. The number of nitrogens with one attached hydrogen (secondary N) is 1. The van der Waals surface area contributed by atoms with E-state index in [0.717, 1.165) is 25.0 Å². The summed E-state index contributed by atoms with van der Waals surface area (Å²) in [7, 11) is 0. The van der Waals surface area contributed by atoms with E-state index < -0.39 is 23.9 Å². The molecule has 2 aromatic carbocycles. The molecule has 0 unspecified atom stereocenters. The number of benzene rings is 2. The van der Waals surface area contributed by atoms with E-state index in [9.17, 15) is 27.5 Å². The zero-order valence-electron chi connectivity index (χ0n) is 22.2. The van der Waals surface area contributed by atoms with E-state index in [-0.39, 0.29) is 52.4 Å². The second-order valence-electron chi connectivity index (χ2n) is 10.1. The van der Waals surface area contributed by atoms with Crippen LogP contribution in [0.25, 0.3) is 11.3 Å². The fourth-order valence-electron chi connectivity index (χ4n) is 4.73. The van der Waals surface area contributed by atoms with Crippen LogP contribution in [0.3, 0.4) is 0 Å². The Balaban J connectivity index is 1.22. The van der Waals surface area contributed by atoms with Crippen molar-refractivity contribution in [3.05, 3.63) is 76.1 Å². The van der Waals surface area contributed by atoms with E-state index in [4.69, 9.17) is 15.3 Å². The molecule has 3 aromatic rings. The highest BCUT2D eigenvalue weighted by atomic mass is 32.1. The lowest BCUT2D eigenvalue weighted by Gasteiger charge is -2.32. The van der Waals surface area contributed by atoms with Crippen LogP contribution in [0.1, 0.15) is 41.6 Å². The molecule has 3 N–H and O–H groups in total. The number of rotatable bonds is 10. The maximum Gasteiger partial charge on any atom is 0.573 e. The van der Waals surface area contributed by atoms with Gasteiger partial charge in [-0.25, -0.2) is 14.2 Å². The van der Waals surface area contributed by atoms with Crippen molar-refractivity contribution >= 4 is 28.1 Å². The molecular weight excluding hydrogens is 578 g/mol. The highest BCUT2D eigenvalue weighted by molar-refractivity contribution is 7.14. The Morgan fingerprint density at radius 2 is 1.81 bits per heavy atom. The topological polar surface area (TPSA) is 116 Å². The zero-order valence-corrected chi connectivity index (χ0v) is 23.0. The number of allylic oxidation sites excluding steroid dienone is 1. The van der Waals surface area contributed by atoms with Gasteiger partial charge in [-0.2, -0.15) is 0 Å². The van der Waals surface area contributed by atoms with E-state index >= 15 is 0 Å². The summed E-state index contributed by atoms with van der Waals surface area (Å²) in [6.45, 7) is 1.01. The first kappa shape index (κ1) is 29.5. The van der Waals surface area contributed by atoms with Crippen LogP contribution in [0.5, 0.6) is 5.75 Å². The summed E-state index contributed by atoms with van der Waals surface area (Å²) in [5, 5.41) is 30.9. The van der Waals surface area contributed by atoms with Gasteiger partial charge in [-0.1, -0.05) is 12.1 Å². The van der Waals surface area contributed by atoms with Gasteiger partial charge in [0.15, 0.2) is 5.13 Å². The van der Waals surface area contributed by atoms with Crippen LogP contribution in [0.4, 0.5) is 22.7 Å². The Morgan fingerprint density at radius 1 is 1.10 bits per heavy atom. The van der Waals surface area contributed by atoms with E-state index in [2.05, 4.69) is 9.72 Å². The largest absolute Gasteiger partial charge is 0.573 e. The molecule has 1 aliphatic carbocycles. The second kappa shape index (κ2) is 12.1. The molecular formula is C29H27F4N3O5S. The van der Waals surface area contributed by atoms with Crippen molar-refractivity contribution in [2.24, 2.45) is 5.92 Å². The zero-order chi connectivity index (χ0) is 30.0. The molecule has 222 valence electrons. The first-order valence-electron chi connectivity index (χ1n) is 13.2. The highest BCUT2D eigenvalue weighted by Crippen LogP contribution is 2.38. The number of hydrogen-bond acceptors (Lipinski definition) is 8. The number of aliphatic hydroxyl groups excluding tert-OH is 1. The lowest BCUT2D eigenvalue weighted by Crippen LogP contribution is -2.37. The molecule has 0 radical (unpaired) electrons. The predicted molar refractivity (Wildman–Crippen MR) is 148 cm³/mol. The van der Waals surface area contributed by atoms with Crippen LogP contribution >= 0.6 is 11.3 Å². The van der Waals surface area contributed by atoms with Crippen molar-refractivity contribution in [3.63, 3.8) is 0 Å². The molecule has 0 atom stereocenters. The molecule has 1 saturated carbocycles. The number of halogens is 4. The fraction of sp³-hybridized carbons (Fsp3) is 0.345. The third-order valence-electron chi connectivity index (χ3n) is 7.12. The van der Waals surface area contributed by atoms with Crippen molar-refractivity contribution in [2.45, 2.75) is 38.1 Å². The van der Waals surface area contributed by atoms with Crippen molar-refractivity contribution in [1.82, 2.24) is 4.98 Å². The summed E-state index contributed by atoms with van der Waals surface area (Å²) in [6.07, 6.45) is -2.51. The Labute approximate surface area is 242 Å². The molecule has 1 aliphatic heterocycles. The highest BCUT2D eigenvalue weighted by Gasteiger charge is 2.35. The molecule has 2 heterocycles. The molecule has 2 aliphatic rings. The summed E-state index contributed by atoms with van der Waals surface area (Å²) >= 11 is 1.34. The van der Waals surface area contributed by atoms with Gasteiger partial charge in [0, 0.05) is 41.1 Å². The van der Waals surface area contributed by atoms with Gasteiger partial charge in [-0.3, -0.25) is 5.41 Å². The molecule has 8 nitrogen and oxygen atoms in total. The molecule has 42 heavy (non-hydrogen) atoms. The minimum absolute atomic E-state index is 0.0433. The molecule has 13 heteroatoms. The quantitative estimate of drug-likeness (QED) is 0.132. The van der Waals surface area contributed by atoms with Crippen LogP contribution < -0.4 is 9.64 Å². The number of piperidine rings is 1. The fourth-order valence-corrected chi connectivity index (χ4v) is 5.61. The van der Waals surface area contributed by atoms with Crippen molar-refractivity contribution < 1.29 is 42.0 Å². The monoisotopic (exact) mass is 605 g/mol. The molecule has 2 fully saturated rings. The lowest BCUT2D eigenvalue weighted by atomic mass is 9.99. The average Bonchev–Trinajstić information content (AvgIpc) is 3.69. The van der Waals surface area contributed by atoms with Crippen molar-refractivity contribution in [1.29, 1.82) is 5.41 Å². The molecule has 5 rings (SSSR count). The lowest BCUT2D eigenvalue weighted by molar-refractivity contribution is -0.274. The van der Waals surface area contributed by atoms with Gasteiger partial charge in [0.2, 0.25) is 0 Å². The molecule has 1 aromatic heterocycles. The summed E-state index contributed by atoms with van der Waals surface area (Å²) in [4.78, 5) is 17.6. The molecule has 1 saturated heterocycles. The number of thiazole rings is 1. The van der Waals surface area contributed by atoms with Gasteiger partial charge >= 0.3 is 12.3 Å². The number of aromatic carboxylic acids is 1. The first-order chi connectivity index (χ1) is 20.0. The number of carboxylic acids is 1. The molecule has 0 spiro atoms. The van der Waals surface area contributed by atoms with Crippen molar-refractivity contribution in [2.75, 3.05) is 24.6 Å². The van der Waals surface area contributed by atoms with Gasteiger partial charge in [0.25, 0.3) is 0 Å². The van der Waals surface area contributed by atoms with Gasteiger partial charge in [0.1, 0.15) is 17.3 Å². The summed E-state index contributed by atoms with van der Waals surface area (Å²) in [5.74, 6) is -2.60. The number of aromatic nitrogens is 1. The molecule has 0 amide bonds. The predicted octanol–water partition coefficient (Wildman–Crippen LogP) is 6.82. The minimum Gasteiger partial charge on any atom is -0.512 e. The number of anilines is 1. The standard InChI is InChI=1S/C29H27F4N3O5S/c30-22-13-17(27(38)39)7-8-19(22)23-15-42-28(35-23)36-11-9-18(10-12-36)40-14-21(26(37)16-5-6-16)25(34)20-3-1-2-4-24(20)41-29(31,32)33/h1-4,7-8,13,15-16,18,34,37H,5-6,9-12,14H2,(H,38,39)/b26-21-,34-25?. The third kappa shape index (κ3) is 6.90.